The fourth-order valence-corrected chi connectivity index (χ4v) is 2.06. The minimum absolute atomic E-state index is 0.379. The van der Waals surface area contributed by atoms with Crippen molar-refractivity contribution in [1.29, 1.82) is 0 Å². The predicted octanol–water partition coefficient (Wildman–Crippen LogP) is 4.02. The first-order valence-electron chi connectivity index (χ1n) is 6.05. The molecular formula is C13H28BrN. The Bertz CT molecular complexity index is 154. The smallest absolute Gasteiger partial charge is 0.00949 e. The van der Waals surface area contributed by atoms with Gasteiger partial charge in [0.1, 0.15) is 0 Å². The van der Waals surface area contributed by atoms with Crippen molar-refractivity contribution >= 4 is 15.9 Å². The van der Waals surface area contributed by atoms with E-state index in [1.54, 1.807) is 0 Å². The van der Waals surface area contributed by atoms with Crippen LogP contribution in [-0.2, 0) is 0 Å². The van der Waals surface area contributed by atoms with E-state index in [1.807, 2.05) is 0 Å². The van der Waals surface area contributed by atoms with Crippen LogP contribution in [0.2, 0.25) is 0 Å². The summed E-state index contributed by atoms with van der Waals surface area (Å²) in [6.07, 6.45) is 0. The highest BCUT2D eigenvalue weighted by Crippen LogP contribution is 2.21. The molecule has 0 atom stereocenters. The van der Waals surface area contributed by atoms with E-state index in [1.165, 1.54) is 19.6 Å². The van der Waals surface area contributed by atoms with E-state index in [0.717, 1.165) is 17.2 Å². The van der Waals surface area contributed by atoms with Crippen LogP contribution in [0.3, 0.4) is 0 Å². The minimum Gasteiger partial charge on any atom is -0.302 e. The Balaban J connectivity index is 4.23. The standard InChI is InChI=1S/C13H28BrN/c1-11(2)7-15(8-12(3)4)10-13(5,6)9-14/h11-12H,7-10H2,1-6H3. The van der Waals surface area contributed by atoms with Crippen molar-refractivity contribution in [2.24, 2.45) is 17.3 Å². The molecule has 0 saturated heterocycles. The summed E-state index contributed by atoms with van der Waals surface area (Å²) < 4.78 is 0. The van der Waals surface area contributed by atoms with Gasteiger partial charge < -0.3 is 4.90 Å². The van der Waals surface area contributed by atoms with Crippen LogP contribution in [0.25, 0.3) is 0 Å². The van der Waals surface area contributed by atoms with Gasteiger partial charge in [-0.05, 0) is 17.3 Å². The second-order valence-corrected chi connectivity index (χ2v) is 6.84. The first kappa shape index (κ1) is 15.4. The molecule has 0 heterocycles. The number of hydrogen-bond acceptors (Lipinski definition) is 1. The van der Waals surface area contributed by atoms with Crippen LogP contribution in [0.4, 0.5) is 0 Å². The summed E-state index contributed by atoms with van der Waals surface area (Å²) in [6, 6.07) is 0. The summed E-state index contributed by atoms with van der Waals surface area (Å²) in [5.41, 5.74) is 0.379. The molecular weight excluding hydrogens is 250 g/mol. The molecule has 0 saturated carbocycles. The topological polar surface area (TPSA) is 3.24 Å². The highest BCUT2D eigenvalue weighted by atomic mass is 79.9. The summed E-state index contributed by atoms with van der Waals surface area (Å²) in [5.74, 6) is 1.52. The van der Waals surface area contributed by atoms with Crippen molar-refractivity contribution in [2.45, 2.75) is 41.5 Å². The summed E-state index contributed by atoms with van der Waals surface area (Å²) in [4.78, 5) is 2.61. The highest BCUT2D eigenvalue weighted by Gasteiger charge is 2.21. The molecule has 0 aromatic carbocycles. The van der Waals surface area contributed by atoms with E-state index in [-0.39, 0.29) is 0 Å². The monoisotopic (exact) mass is 277 g/mol. The maximum absolute atomic E-state index is 3.61. The van der Waals surface area contributed by atoms with Gasteiger partial charge in [0.25, 0.3) is 0 Å². The van der Waals surface area contributed by atoms with Crippen LogP contribution in [0.15, 0.2) is 0 Å². The van der Waals surface area contributed by atoms with Gasteiger partial charge in [0.15, 0.2) is 0 Å². The third-order valence-corrected chi connectivity index (χ3v) is 3.78. The average molecular weight is 278 g/mol. The molecule has 0 aromatic heterocycles. The van der Waals surface area contributed by atoms with Gasteiger partial charge in [-0.3, -0.25) is 0 Å². The maximum atomic E-state index is 3.61. The number of alkyl halides is 1. The number of halogens is 1. The summed E-state index contributed by atoms with van der Waals surface area (Å²) in [6.45, 7) is 17.5. The predicted molar refractivity (Wildman–Crippen MR) is 73.7 cm³/mol. The Hall–Kier alpha value is 0.440. The maximum Gasteiger partial charge on any atom is 0.00949 e. The van der Waals surface area contributed by atoms with Crippen molar-refractivity contribution in [2.75, 3.05) is 25.0 Å². The van der Waals surface area contributed by atoms with Gasteiger partial charge in [0.2, 0.25) is 0 Å². The highest BCUT2D eigenvalue weighted by molar-refractivity contribution is 9.09. The molecule has 0 radical (unpaired) electrons. The summed E-state index contributed by atoms with van der Waals surface area (Å²) in [7, 11) is 0. The number of nitrogens with zero attached hydrogens (tertiary/aromatic N) is 1. The Morgan fingerprint density at radius 3 is 1.67 bits per heavy atom. The SMILES string of the molecule is CC(C)CN(CC(C)C)CC(C)(C)CBr. The van der Waals surface area contributed by atoms with Gasteiger partial charge in [0.05, 0.1) is 0 Å². The molecule has 1 nitrogen and oxygen atoms in total. The molecule has 0 aromatic rings. The fraction of sp³-hybridized carbons (Fsp3) is 1.00. The molecule has 0 fully saturated rings. The van der Waals surface area contributed by atoms with E-state index >= 15 is 0 Å². The van der Waals surface area contributed by atoms with E-state index in [9.17, 15) is 0 Å². The molecule has 2 heteroatoms. The van der Waals surface area contributed by atoms with Gasteiger partial charge in [-0.1, -0.05) is 57.5 Å². The normalized spacial score (nSPS) is 13.2. The second kappa shape index (κ2) is 6.90. The quantitative estimate of drug-likeness (QED) is 0.636. The zero-order chi connectivity index (χ0) is 12.1. The van der Waals surface area contributed by atoms with E-state index in [2.05, 4.69) is 62.4 Å². The third-order valence-electron chi connectivity index (χ3n) is 2.26. The van der Waals surface area contributed by atoms with E-state index in [4.69, 9.17) is 0 Å². The van der Waals surface area contributed by atoms with E-state index in [0.29, 0.717) is 5.41 Å². The van der Waals surface area contributed by atoms with Crippen LogP contribution < -0.4 is 0 Å². The molecule has 0 amide bonds. The van der Waals surface area contributed by atoms with Crippen molar-refractivity contribution in [1.82, 2.24) is 4.90 Å². The molecule has 0 unspecified atom stereocenters. The summed E-state index contributed by atoms with van der Waals surface area (Å²) >= 11 is 3.61. The molecule has 0 N–H and O–H groups in total. The van der Waals surface area contributed by atoms with Crippen molar-refractivity contribution < 1.29 is 0 Å². The van der Waals surface area contributed by atoms with Gasteiger partial charge in [0, 0.05) is 25.0 Å². The van der Waals surface area contributed by atoms with Crippen LogP contribution in [0, 0.1) is 17.3 Å². The average Bonchev–Trinajstić information content (AvgIpc) is 2.00. The largest absolute Gasteiger partial charge is 0.302 e. The van der Waals surface area contributed by atoms with E-state index < -0.39 is 0 Å². The second-order valence-electron chi connectivity index (χ2n) is 6.28. The minimum atomic E-state index is 0.379. The lowest BCUT2D eigenvalue weighted by Gasteiger charge is -2.33. The molecule has 0 aliphatic heterocycles. The number of hydrogen-bond donors (Lipinski definition) is 0. The van der Waals surface area contributed by atoms with Crippen LogP contribution in [0.1, 0.15) is 41.5 Å². The number of rotatable bonds is 7. The first-order valence-corrected chi connectivity index (χ1v) is 7.17. The van der Waals surface area contributed by atoms with Crippen molar-refractivity contribution in [3.8, 4) is 0 Å². The fourth-order valence-electron chi connectivity index (χ4n) is 1.88. The van der Waals surface area contributed by atoms with Crippen LogP contribution in [-0.4, -0.2) is 29.9 Å². The van der Waals surface area contributed by atoms with Crippen molar-refractivity contribution in [3.05, 3.63) is 0 Å². The zero-order valence-corrected chi connectivity index (χ0v) is 12.9. The lowest BCUT2D eigenvalue weighted by molar-refractivity contribution is 0.161. The molecule has 0 spiro atoms. The molecule has 0 aliphatic rings. The lowest BCUT2D eigenvalue weighted by Crippen LogP contribution is -2.39. The molecule has 0 bridgehead atoms. The molecule has 15 heavy (non-hydrogen) atoms. The van der Waals surface area contributed by atoms with Gasteiger partial charge in [-0.25, -0.2) is 0 Å². The molecule has 0 aliphatic carbocycles. The van der Waals surface area contributed by atoms with Gasteiger partial charge in [-0.2, -0.15) is 0 Å². The summed E-state index contributed by atoms with van der Waals surface area (Å²) in [5, 5.41) is 1.08. The Morgan fingerprint density at radius 2 is 1.40 bits per heavy atom. The molecule has 92 valence electrons. The zero-order valence-electron chi connectivity index (χ0n) is 11.3. The molecule has 0 rings (SSSR count). The van der Waals surface area contributed by atoms with Crippen molar-refractivity contribution in [3.63, 3.8) is 0 Å². The van der Waals surface area contributed by atoms with Gasteiger partial charge >= 0.3 is 0 Å². The first-order chi connectivity index (χ1) is 6.76. The van der Waals surface area contributed by atoms with Crippen LogP contribution >= 0.6 is 15.9 Å². The Labute approximate surface area is 105 Å². The van der Waals surface area contributed by atoms with Gasteiger partial charge in [-0.15, -0.1) is 0 Å². The Kier molecular flexibility index (Phi) is 7.10. The third kappa shape index (κ3) is 8.27. The van der Waals surface area contributed by atoms with Crippen LogP contribution in [0.5, 0.6) is 0 Å². The lowest BCUT2D eigenvalue weighted by atomic mass is 9.95. The Morgan fingerprint density at radius 1 is 1.00 bits per heavy atom.